The number of carbonyl (C=O) groups is 1. The van der Waals surface area contributed by atoms with Gasteiger partial charge in [0.25, 0.3) is 5.91 Å². The molecule has 26 heavy (non-hydrogen) atoms. The fourth-order valence-corrected chi connectivity index (χ4v) is 2.76. The van der Waals surface area contributed by atoms with Crippen LogP contribution in [-0.4, -0.2) is 17.5 Å². The number of furan rings is 1. The second kappa shape index (κ2) is 8.25. The second-order valence-corrected chi connectivity index (χ2v) is 6.32. The summed E-state index contributed by atoms with van der Waals surface area (Å²) >= 11 is 11.9. The minimum absolute atomic E-state index is 0.181. The van der Waals surface area contributed by atoms with Crippen LogP contribution in [0.15, 0.2) is 65.4 Å². The molecule has 0 radical (unpaired) electrons. The molecule has 1 amide bonds. The molecule has 3 rings (SSSR count). The first-order valence-corrected chi connectivity index (χ1v) is 8.66. The SMILES string of the molecule is CC(c1ccco1)N(C(=O)COc1ccc(Cl)c(Cl)c1)c1ccccn1. The molecule has 0 N–H and O–H groups in total. The zero-order valence-electron chi connectivity index (χ0n) is 13.9. The summed E-state index contributed by atoms with van der Waals surface area (Å²) in [5.41, 5.74) is 0. The Morgan fingerprint density at radius 3 is 2.69 bits per heavy atom. The first kappa shape index (κ1) is 18.3. The summed E-state index contributed by atoms with van der Waals surface area (Å²) in [6.45, 7) is 1.68. The first-order chi connectivity index (χ1) is 12.6. The van der Waals surface area contributed by atoms with Gasteiger partial charge in [-0.25, -0.2) is 4.98 Å². The van der Waals surface area contributed by atoms with E-state index in [1.54, 1.807) is 48.9 Å². The van der Waals surface area contributed by atoms with Gasteiger partial charge in [0.05, 0.1) is 22.4 Å². The Balaban J connectivity index is 1.79. The van der Waals surface area contributed by atoms with Gasteiger partial charge in [0.1, 0.15) is 17.3 Å². The summed E-state index contributed by atoms with van der Waals surface area (Å²) in [7, 11) is 0. The number of aromatic nitrogens is 1. The molecular weight excluding hydrogens is 375 g/mol. The number of pyridine rings is 1. The molecule has 0 saturated heterocycles. The molecular formula is C19H16Cl2N2O3. The van der Waals surface area contributed by atoms with Gasteiger partial charge in [-0.3, -0.25) is 9.69 Å². The van der Waals surface area contributed by atoms with Gasteiger partial charge >= 0.3 is 0 Å². The number of anilines is 1. The van der Waals surface area contributed by atoms with Crippen LogP contribution in [0, 0.1) is 0 Å². The maximum absolute atomic E-state index is 12.9. The van der Waals surface area contributed by atoms with E-state index in [-0.39, 0.29) is 18.6 Å². The summed E-state index contributed by atoms with van der Waals surface area (Å²) in [4.78, 5) is 18.7. The lowest BCUT2D eigenvalue weighted by Gasteiger charge is -2.27. The average molecular weight is 391 g/mol. The summed E-state index contributed by atoms with van der Waals surface area (Å²) in [5, 5.41) is 0.786. The van der Waals surface area contributed by atoms with E-state index in [0.29, 0.717) is 27.4 Å². The predicted octanol–water partition coefficient (Wildman–Crippen LogP) is 5.15. The molecule has 0 bridgehead atoms. The summed E-state index contributed by atoms with van der Waals surface area (Å²) in [6, 6.07) is 13.5. The minimum atomic E-state index is -0.343. The molecule has 0 aliphatic rings. The molecule has 0 spiro atoms. The summed E-state index contributed by atoms with van der Waals surface area (Å²) in [6.07, 6.45) is 3.20. The van der Waals surface area contributed by atoms with Crippen molar-refractivity contribution in [2.45, 2.75) is 13.0 Å². The Hall–Kier alpha value is -2.50. The van der Waals surface area contributed by atoms with Crippen LogP contribution in [0.3, 0.4) is 0 Å². The van der Waals surface area contributed by atoms with Gasteiger partial charge in [0.15, 0.2) is 6.61 Å². The first-order valence-electron chi connectivity index (χ1n) is 7.90. The second-order valence-electron chi connectivity index (χ2n) is 5.51. The van der Waals surface area contributed by atoms with Gasteiger partial charge in [-0.05, 0) is 43.3 Å². The lowest BCUT2D eigenvalue weighted by atomic mass is 10.2. The largest absolute Gasteiger partial charge is 0.484 e. The molecule has 0 aliphatic carbocycles. The fraction of sp³-hybridized carbons (Fsp3) is 0.158. The number of benzene rings is 1. The predicted molar refractivity (Wildman–Crippen MR) is 101 cm³/mol. The maximum atomic E-state index is 12.9. The molecule has 134 valence electrons. The number of amides is 1. The Kier molecular flexibility index (Phi) is 5.81. The molecule has 0 aliphatic heterocycles. The van der Waals surface area contributed by atoms with Crippen molar-refractivity contribution in [3.8, 4) is 5.75 Å². The Morgan fingerprint density at radius 2 is 2.04 bits per heavy atom. The van der Waals surface area contributed by atoms with Crippen LogP contribution in [0.4, 0.5) is 5.82 Å². The highest BCUT2D eigenvalue weighted by Gasteiger charge is 2.26. The van der Waals surface area contributed by atoms with Crippen molar-refractivity contribution in [1.29, 1.82) is 0 Å². The van der Waals surface area contributed by atoms with E-state index in [9.17, 15) is 4.79 Å². The van der Waals surface area contributed by atoms with Crippen LogP contribution in [0.5, 0.6) is 5.75 Å². The van der Waals surface area contributed by atoms with E-state index in [0.717, 1.165) is 0 Å². The van der Waals surface area contributed by atoms with E-state index in [4.69, 9.17) is 32.4 Å². The highest BCUT2D eigenvalue weighted by molar-refractivity contribution is 6.42. The Bertz CT molecular complexity index is 870. The molecule has 5 nitrogen and oxygen atoms in total. The van der Waals surface area contributed by atoms with Crippen LogP contribution < -0.4 is 9.64 Å². The molecule has 2 heterocycles. The van der Waals surface area contributed by atoms with E-state index in [2.05, 4.69) is 4.98 Å². The number of hydrogen-bond donors (Lipinski definition) is 0. The van der Waals surface area contributed by atoms with Crippen molar-refractivity contribution in [2.75, 3.05) is 11.5 Å². The Labute approximate surface area is 161 Å². The van der Waals surface area contributed by atoms with Gasteiger partial charge in [0, 0.05) is 12.3 Å². The van der Waals surface area contributed by atoms with Crippen LogP contribution in [0.1, 0.15) is 18.7 Å². The normalized spacial score (nSPS) is 11.8. The smallest absolute Gasteiger partial charge is 0.266 e. The van der Waals surface area contributed by atoms with Crippen molar-refractivity contribution in [3.05, 3.63) is 76.8 Å². The van der Waals surface area contributed by atoms with Gasteiger partial charge in [-0.1, -0.05) is 29.3 Å². The van der Waals surface area contributed by atoms with E-state index in [1.165, 1.54) is 4.90 Å². The van der Waals surface area contributed by atoms with Crippen molar-refractivity contribution in [3.63, 3.8) is 0 Å². The van der Waals surface area contributed by atoms with Crippen molar-refractivity contribution < 1.29 is 13.9 Å². The average Bonchev–Trinajstić information content (AvgIpc) is 3.18. The number of halogens is 2. The fourth-order valence-electron chi connectivity index (χ4n) is 2.48. The molecule has 1 atom stereocenters. The number of hydrogen-bond acceptors (Lipinski definition) is 4. The van der Waals surface area contributed by atoms with Gasteiger partial charge in [0.2, 0.25) is 0 Å². The number of carbonyl (C=O) groups excluding carboxylic acids is 1. The van der Waals surface area contributed by atoms with Crippen molar-refractivity contribution in [1.82, 2.24) is 4.98 Å². The minimum Gasteiger partial charge on any atom is -0.484 e. The van der Waals surface area contributed by atoms with Crippen LogP contribution in [-0.2, 0) is 4.79 Å². The van der Waals surface area contributed by atoms with Gasteiger partial charge in [-0.2, -0.15) is 0 Å². The zero-order chi connectivity index (χ0) is 18.5. The Morgan fingerprint density at radius 1 is 1.19 bits per heavy atom. The quantitative estimate of drug-likeness (QED) is 0.583. The standard InChI is InChI=1S/C19H16Cl2N2O3/c1-13(17-5-4-10-25-17)23(18-6-2-3-9-22-18)19(24)12-26-14-7-8-15(20)16(21)11-14/h2-11,13H,12H2,1H3. The molecule has 2 aromatic heterocycles. The topological polar surface area (TPSA) is 55.6 Å². The third-order valence-corrected chi connectivity index (χ3v) is 4.50. The molecule has 3 aromatic rings. The van der Waals surface area contributed by atoms with Crippen molar-refractivity contribution >= 4 is 34.9 Å². The number of nitrogens with zero attached hydrogens (tertiary/aromatic N) is 2. The van der Waals surface area contributed by atoms with E-state index in [1.807, 2.05) is 19.1 Å². The van der Waals surface area contributed by atoms with E-state index >= 15 is 0 Å². The van der Waals surface area contributed by atoms with Crippen molar-refractivity contribution in [2.24, 2.45) is 0 Å². The summed E-state index contributed by atoms with van der Waals surface area (Å²) in [5.74, 6) is 1.36. The number of ether oxygens (including phenoxy) is 1. The lowest BCUT2D eigenvalue weighted by Crippen LogP contribution is -2.37. The molecule has 7 heteroatoms. The third kappa shape index (κ3) is 4.18. The van der Waals surface area contributed by atoms with Crippen LogP contribution in [0.2, 0.25) is 10.0 Å². The lowest BCUT2D eigenvalue weighted by molar-refractivity contribution is -0.121. The highest BCUT2D eigenvalue weighted by Crippen LogP contribution is 2.28. The molecule has 0 saturated carbocycles. The highest BCUT2D eigenvalue weighted by atomic mass is 35.5. The molecule has 1 unspecified atom stereocenters. The van der Waals surface area contributed by atoms with Crippen LogP contribution >= 0.6 is 23.2 Å². The van der Waals surface area contributed by atoms with Crippen LogP contribution in [0.25, 0.3) is 0 Å². The summed E-state index contributed by atoms with van der Waals surface area (Å²) < 4.78 is 11.0. The number of rotatable bonds is 6. The maximum Gasteiger partial charge on any atom is 0.266 e. The molecule has 0 fully saturated rings. The molecule has 1 aromatic carbocycles. The zero-order valence-corrected chi connectivity index (χ0v) is 15.4. The van der Waals surface area contributed by atoms with E-state index < -0.39 is 0 Å². The van der Waals surface area contributed by atoms with Gasteiger partial charge in [-0.15, -0.1) is 0 Å². The third-order valence-electron chi connectivity index (χ3n) is 3.76. The monoisotopic (exact) mass is 390 g/mol. The van der Waals surface area contributed by atoms with Gasteiger partial charge < -0.3 is 9.15 Å².